The molecule has 0 unspecified atom stereocenters. The first-order valence-electron chi connectivity index (χ1n) is 21.2. The Labute approximate surface area is 364 Å². The molecule has 23 nitrogen and oxygen atoms in total. The van der Waals surface area contributed by atoms with Gasteiger partial charge >= 0.3 is 41.8 Å². The van der Waals surface area contributed by atoms with Crippen LogP contribution in [0.2, 0.25) is 0 Å². The summed E-state index contributed by atoms with van der Waals surface area (Å²) in [6.45, 7) is -1.72. The van der Waals surface area contributed by atoms with Crippen molar-refractivity contribution in [1.29, 1.82) is 0 Å². The summed E-state index contributed by atoms with van der Waals surface area (Å²) in [7, 11) is 0. The maximum absolute atomic E-state index is 13.7. The molecular formula is C40H64N6O17. The molecule has 0 aromatic rings. The summed E-state index contributed by atoms with van der Waals surface area (Å²) >= 11 is 0. The molecule has 0 radical (unpaired) electrons. The van der Waals surface area contributed by atoms with E-state index in [1.807, 2.05) is 0 Å². The molecule has 10 N–H and O–H groups in total. The zero-order valence-electron chi connectivity index (χ0n) is 35.8. The molecule has 63 heavy (non-hydrogen) atoms. The van der Waals surface area contributed by atoms with E-state index in [2.05, 4.69) is 22.9 Å². The molecule has 0 saturated heterocycles. The fraction of sp³-hybridized carbons (Fsp3) is 0.750. The number of fused-ring (bicyclic) bond motifs is 3. The summed E-state index contributed by atoms with van der Waals surface area (Å²) in [5, 5.41) is 73.5. The van der Waals surface area contributed by atoms with Crippen molar-refractivity contribution >= 4 is 59.5 Å². The molecule has 0 aliphatic heterocycles. The summed E-state index contributed by atoms with van der Waals surface area (Å²) in [6, 6.07) is -4.62. The minimum atomic E-state index is -1.68. The predicted molar refractivity (Wildman–Crippen MR) is 218 cm³/mol. The Morgan fingerprint density at radius 1 is 0.540 bits per heavy atom. The lowest BCUT2D eigenvalue weighted by atomic mass is 9.52. The van der Waals surface area contributed by atoms with E-state index in [0.717, 1.165) is 54.7 Å². The van der Waals surface area contributed by atoms with E-state index in [4.69, 9.17) is 0 Å². The molecule has 0 spiro atoms. The number of hydrogen-bond acceptors (Lipinski definition) is 13. The van der Waals surface area contributed by atoms with Crippen molar-refractivity contribution in [1.82, 2.24) is 30.7 Å². The number of carbonyl (C=O) groups excluding carboxylic acids is 3. The number of carboxylic acid groups (broad SMARTS) is 7. The Hall–Kier alpha value is -5.42. The lowest BCUT2D eigenvalue weighted by molar-refractivity contribution is -0.147. The number of unbranched alkanes of at least 4 members (excludes halogenated alkanes) is 3. The average molecular weight is 901 g/mol. The van der Waals surface area contributed by atoms with Crippen molar-refractivity contribution in [3.8, 4) is 0 Å². The van der Waals surface area contributed by atoms with Gasteiger partial charge in [-0.05, 0) is 69.6 Å². The van der Waals surface area contributed by atoms with Crippen molar-refractivity contribution in [3.63, 3.8) is 0 Å². The standard InChI is InChI=1S/C40H64N6O17/c1-2-3-5-8-39-9-12-40(13-10-39,14-11-39)38(63)43-27(21-30(49)50)36(60)42-26(20-29(47)48)35(59)41-15-6-4-7-28(37(61)62)46(18-16-44(22-31(51)52)23-32(53)54)19-17-45(24-33(55)56)25-34(57)58/h26-28H,2-25H2,1H3,(H,41,59)(H,42,60)(H,43,63)(H,47,48)(H,49,50)(H,51,52)(H,53,54)(H,55,56)(H,57,58)(H,61,62)/t26-,27-,28-,39?,40?/m0/s1. The molecule has 23 heteroatoms. The highest BCUT2D eigenvalue weighted by Crippen LogP contribution is 2.59. The fourth-order valence-electron chi connectivity index (χ4n) is 8.50. The minimum Gasteiger partial charge on any atom is -0.481 e. The van der Waals surface area contributed by atoms with E-state index in [0.29, 0.717) is 19.3 Å². The Kier molecular flexibility index (Phi) is 22.4. The van der Waals surface area contributed by atoms with Crippen LogP contribution >= 0.6 is 0 Å². The molecule has 3 atom stereocenters. The van der Waals surface area contributed by atoms with E-state index < -0.39 is 122 Å². The maximum Gasteiger partial charge on any atom is 0.320 e. The number of aliphatic carboxylic acids is 7. The number of hydrogen-bond donors (Lipinski definition) is 10. The highest BCUT2D eigenvalue weighted by molar-refractivity contribution is 5.96. The van der Waals surface area contributed by atoms with Gasteiger partial charge in [0.25, 0.3) is 0 Å². The summed E-state index contributed by atoms with van der Waals surface area (Å²) in [5.41, 5.74) is -0.583. The van der Waals surface area contributed by atoms with E-state index in [-0.39, 0.29) is 57.4 Å². The smallest absolute Gasteiger partial charge is 0.320 e. The third-order valence-electron chi connectivity index (χ3n) is 12.0. The second kappa shape index (κ2) is 26.3. The van der Waals surface area contributed by atoms with Gasteiger partial charge in [0, 0.05) is 38.1 Å². The zero-order chi connectivity index (χ0) is 47.3. The van der Waals surface area contributed by atoms with Crippen molar-refractivity contribution in [2.24, 2.45) is 10.8 Å². The van der Waals surface area contributed by atoms with Gasteiger partial charge in [-0.1, -0.05) is 26.2 Å². The fourth-order valence-corrected chi connectivity index (χ4v) is 8.50. The quantitative estimate of drug-likeness (QED) is 0.0374. The van der Waals surface area contributed by atoms with Crippen LogP contribution in [0.5, 0.6) is 0 Å². The number of amides is 3. The molecule has 2 bridgehead atoms. The second-order valence-corrected chi connectivity index (χ2v) is 16.7. The molecule has 0 aromatic heterocycles. The van der Waals surface area contributed by atoms with Crippen molar-refractivity contribution < 1.29 is 83.7 Å². The highest BCUT2D eigenvalue weighted by atomic mass is 16.4. The molecule has 0 aromatic carbocycles. The van der Waals surface area contributed by atoms with Crippen LogP contribution in [0.4, 0.5) is 0 Å². The SMILES string of the molecule is CCCCCC12CCC(C(=O)N[C@@H](CC(=O)O)C(=O)N[C@@H](CC(=O)O)C(=O)NCCCC[C@@H](C(=O)O)N(CCN(CC(=O)O)CC(=O)O)CCN(CC(=O)O)CC(=O)O)(CC1)CC2. The topological polar surface area (TPSA) is 358 Å². The van der Waals surface area contributed by atoms with Gasteiger partial charge in [0.2, 0.25) is 17.7 Å². The van der Waals surface area contributed by atoms with Gasteiger partial charge in [0.1, 0.15) is 18.1 Å². The number of nitrogens with one attached hydrogen (secondary N) is 3. The lowest BCUT2D eigenvalue weighted by Crippen LogP contribution is -2.58. The van der Waals surface area contributed by atoms with Crippen LogP contribution in [0, 0.1) is 10.8 Å². The molecule has 3 aliphatic carbocycles. The average Bonchev–Trinajstić information content (AvgIpc) is 3.18. The van der Waals surface area contributed by atoms with Gasteiger partial charge in [0.15, 0.2) is 0 Å². The van der Waals surface area contributed by atoms with E-state index in [1.54, 1.807) is 0 Å². The Morgan fingerprint density at radius 3 is 1.41 bits per heavy atom. The first-order valence-corrected chi connectivity index (χ1v) is 21.2. The van der Waals surface area contributed by atoms with Crippen LogP contribution in [-0.4, -0.2) is 187 Å². The van der Waals surface area contributed by atoms with Gasteiger partial charge in [-0.2, -0.15) is 0 Å². The summed E-state index contributed by atoms with van der Waals surface area (Å²) < 4.78 is 0. The predicted octanol–water partition coefficient (Wildman–Crippen LogP) is -0.190. The van der Waals surface area contributed by atoms with Crippen molar-refractivity contribution in [3.05, 3.63) is 0 Å². The second-order valence-electron chi connectivity index (χ2n) is 16.7. The molecule has 3 saturated carbocycles. The first-order chi connectivity index (χ1) is 29.6. The first kappa shape index (κ1) is 53.7. The molecular weight excluding hydrogens is 836 g/mol. The van der Waals surface area contributed by atoms with Gasteiger partial charge < -0.3 is 51.7 Å². The van der Waals surface area contributed by atoms with E-state index in [9.17, 15) is 83.7 Å². The number of carbonyl (C=O) groups is 10. The molecule has 3 aliphatic rings. The third kappa shape index (κ3) is 19.2. The van der Waals surface area contributed by atoms with Crippen LogP contribution in [0.3, 0.4) is 0 Å². The van der Waals surface area contributed by atoms with Gasteiger partial charge in [-0.15, -0.1) is 0 Å². The minimum absolute atomic E-state index is 0.0972. The Morgan fingerprint density at radius 2 is 1.00 bits per heavy atom. The van der Waals surface area contributed by atoms with Gasteiger partial charge in [0.05, 0.1) is 39.0 Å². The monoisotopic (exact) mass is 900 g/mol. The van der Waals surface area contributed by atoms with E-state index >= 15 is 0 Å². The highest BCUT2D eigenvalue weighted by Gasteiger charge is 2.52. The third-order valence-corrected chi connectivity index (χ3v) is 12.0. The van der Waals surface area contributed by atoms with Gasteiger partial charge in [-0.25, -0.2) is 0 Å². The normalized spacial score (nSPS) is 19.5. The van der Waals surface area contributed by atoms with Crippen LogP contribution in [0.1, 0.15) is 103 Å². The molecule has 3 amide bonds. The Bertz CT molecular complexity index is 1550. The van der Waals surface area contributed by atoms with Crippen LogP contribution in [-0.2, 0) is 47.9 Å². The molecule has 3 rings (SSSR count). The largest absolute Gasteiger partial charge is 0.481 e. The van der Waals surface area contributed by atoms with Crippen LogP contribution < -0.4 is 16.0 Å². The van der Waals surface area contributed by atoms with Crippen LogP contribution in [0.25, 0.3) is 0 Å². The Balaban J connectivity index is 2.10. The van der Waals surface area contributed by atoms with Crippen molar-refractivity contribution in [2.45, 2.75) is 121 Å². The molecule has 3 fully saturated rings. The zero-order valence-corrected chi connectivity index (χ0v) is 35.8. The van der Waals surface area contributed by atoms with Crippen LogP contribution in [0.15, 0.2) is 0 Å². The van der Waals surface area contributed by atoms with E-state index in [1.165, 1.54) is 4.90 Å². The summed E-state index contributed by atoms with van der Waals surface area (Å²) in [5.74, 6) is -12.1. The summed E-state index contributed by atoms with van der Waals surface area (Å²) in [4.78, 5) is 125. The summed E-state index contributed by atoms with van der Waals surface area (Å²) in [6.07, 6.45) is 7.11. The number of carboxylic acids is 7. The van der Waals surface area contributed by atoms with Gasteiger partial charge in [-0.3, -0.25) is 62.6 Å². The number of nitrogens with zero attached hydrogens (tertiary/aromatic N) is 3. The lowest BCUT2D eigenvalue weighted by Gasteiger charge is -2.53. The molecule has 0 heterocycles. The number of rotatable bonds is 34. The maximum atomic E-state index is 13.7. The van der Waals surface area contributed by atoms with Crippen molar-refractivity contribution in [2.75, 3.05) is 58.9 Å². The molecule has 356 valence electrons.